The number of nitrogens with zero attached hydrogens (tertiary/aromatic N) is 1. The molecule has 3 rings (SSSR count). The molecule has 0 N–H and O–H groups in total. The maximum Gasteiger partial charge on any atom is 0.347 e. The van der Waals surface area contributed by atoms with Crippen LogP contribution in [-0.4, -0.2) is 51.3 Å². The zero-order chi connectivity index (χ0) is 18.0. The van der Waals surface area contributed by atoms with Crippen LogP contribution in [0.3, 0.4) is 0 Å². The maximum absolute atomic E-state index is 12.3. The summed E-state index contributed by atoms with van der Waals surface area (Å²) < 4.78 is 20.4. The molecule has 1 aromatic carbocycles. The molecule has 2 heterocycles. The summed E-state index contributed by atoms with van der Waals surface area (Å²) in [5, 5.41) is 0. The van der Waals surface area contributed by atoms with E-state index in [4.69, 9.17) is 18.9 Å². The van der Waals surface area contributed by atoms with Crippen molar-refractivity contribution < 1.29 is 33.3 Å². The Morgan fingerprint density at radius 2 is 1.96 bits per heavy atom. The Labute approximate surface area is 144 Å². The predicted octanol–water partition coefficient (Wildman–Crippen LogP) is 0.915. The number of methoxy groups -OCH3 is 2. The molecule has 1 amide bonds. The fourth-order valence-corrected chi connectivity index (χ4v) is 2.93. The zero-order valence-electron chi connectivity index (χ0n) is 14.0. The number of amides is 1. The summed E-state index contributed by atoms with van der Waals surface area (Å²) in [6.07, 6.45) is -0.475. The van der Waals surface area contributed by atoms with E-state index in [2.05, 4.69) is 0 Å². The second-order valence-electron chi connectivity index (χ2n) is 5.83. The van der Waals surface area contributed by atoms with Gasteiger partial charge in [-0.15, -0.1) is 0 Å². The molecule has 1 aromatic rings. The van der Waals surface area contributed by atoms with E-state index in [1.165, 1.54) is 19.1 Å². The number of ether oxygens (including phenoxy) is 4. The van der Waals surface area contributed by atoms with Crippen molar-refractivity contribution >= 4 is 23.5 Å². The minimum atomic E-state index is -0.863. The highest BCUT2D eigenvalue weighted by Gasteiger charge is 2.39. The molecule has 2 fully saturated rings. The Kier molecular flexibility index (Phi) is 4.78. The van der Waals surface area contributed by atoms with E-state index in [1.54, 1.807) is 18.2 Å². The molecule has 0 spiro atoms. The molecule has 0 saturated carbocycles. The summed E-state index contributed by atoms with van der Waals surface area (Å²) in [5.74, 6) is -0.854. The highest BCUT2D eigenvalue weighted by atomic mass is 16.6. The molecule has 0 bridgehead atoms. The molecule has 8 heteroatoms. The third-order valence-corrected chi connectivity index (χ3v) is 4.28. The van der Waals surface area contributed by atoms with Crippen LogP contribution < -0.4 is 14.4 Å². The maximum atomic E-state index is 12.3. The first-order chi connectivity index (χ1) is 12.0. The highest BCUT2D eigenvalue weighted by Crippen LogP contribution is 2.34. The molecule has 0 aromatic heterocycles. The van der Waals surface area contributed by atoms with E-state index in [0.29, 0.717) is 23.6 Å². The Morgan fingerprint density at radius 1 is 1.20 bits per heavy atom. The van der Waals surface area contributed by atoms with Crippen LogP contribution >= 0.6 is 0 Å². The molecule has 134 valence electrons. The molecule has 2 aliphatic heterocycles. The van der Waals surface area contributed by atoms with E-state index in [0.717, 1.165) is 0 Å². The number of cyclic esters (lactones) is 1. The molecule has 2 saturated heterocycles. The lowest BCUT2D eigenvalue weighted by Gasteiger charge is -2.18. The van der Waals surface area contributed by atoms with Crippen molar-refractivity contribution in [3.05, 3.63) is 18.2 Å². The predicted molar refractivity (Wildman–Crippen MR) is 85.5 cm³/mol. The highest BCUT2D eigenvalue weighted by molar-refractivity contribution is 6.00. The fraction of sp³-hybridized carbons (Fsp3) is 0.471. The SMILES string of the molecule is COc1ccc(N2C[C@@H](C(=O)O[C@H]3CCOC3=O)CC2=O)cc1OC. The number of hydrogen-bond acceptors (Lipinski definition) is 7. The van der Waals surface area contributed by atoms with E-state index in [9.17, 15) is 14.4 Å². The monoisotopic (exact) mass is 349 g/mol. The topological polar surface area (TPSA) is 91.4 Å². The number of anilines is 1. The van der Waals surface area contributed by atoms with Crippen molar-refractivity contribution in [3.63, 3.8) is 0 Å². The van der Waals surface area contributed by atoms with Gasteiger partial charge in [-0.05, 0) is 12.1 Å². The van der Waals surface area contributed by atoms with Crippen molar-refractivity contribution in [2.75, 3.05) is 32.3 Å². The first kappa shape index (κ1) is 17.1. The summed E-state index contributed by atoms with van der Waals surface area (Å²) >= 11 is 0. The van der Waals surface area contributed by atoms with Crippen molar-refractivity contribution in [2.24, 2.45) is 5.92 Å². The lowest BCUT2D eigenvalue weighted by atomic mass is 10.1. The zero-order valence-corrected chi connectivity index (χ0v) is 14.0. The molecule has 0 radical (unpaired) electrons. The van der Waals surface area contributed by atoms with Crippen LogP contribution in [0, 0.1) is 5.92 Å². The van der Waals surface area contributed by atoms with Crippen LogP contribution in [-0.2, 0) is 23.9 Å². The van der Waals surface area contributed by atoms with Crippen LogP contribution in [0.2, 0.25) is 0 Å². The van der Waals surface area contributed by atoms with E-state index in [1.807, 2.05) is 0 Å². The lowest BCUT2D eigenvalue weighted by molar-refractivity contribution is -0.162. The minimum absolute atomic E-state index is 0.0367. The number of hydrogen-bond donors (Lipinski definition) is 0. The Hall–Kier alpha value is -2.77. The van der Waals surface area contributed by atoms with Crippen LogP contribution in [0.15, 0.2) is 18.2 Å². The van der Waals surface area contributed by atoms with Crippen molar-refractivity contribution in [3.8, 4) is 11.5 Å². The third kappa shape index (κ3) is 3.38. The normalized spacial score (nSPS) is 22.7. The van der Waals surface area contributed by atoms with Gasteiger partial charge in [0.2, 0.25) is 12.0 Å². The van der Waals surface area contributed by atoms with E-state index < -0.39 is 24.0 Å². The van der Waals surface area contributed by atoms with Gasteiger partial charge in [-0.25, -0.2) is 4.79 Å². The van der Waals surface area contributed by atoms with Gasteiger partial charge in [-0.2, -0.15) is 0 Å². The smallest absolute Gasteiger partial charge is 0.347 e. The summed E-state index contributed by atoms with van der Waals surface area (Å²) in [5.41, 5.74) is 0.609. The molecular formula is C17H19NO7. The van der Waals surface area contributed by atoms with Gasteiger partial charge in [0.1, 0.15) is 0 Å². The Bertz CT molecular complexity index is 702. The van der Waals surface area contributed by atoms with Gasteiger partial charge in [0, 0.05) is 31.1 Å². The first-order valence-electron chi connectivity index (χ1n) is 7.93. The fourth-order valence-electron chi connectivity index (χ4n) is 2.93. The number of esters is 2. The largest absolute Gasteiger partial charge is 0.493 e. The molecular weight excluding hydrogens is 330 g/mol. The lowest BCUT2D eigenvalue weighted by Crippen LogP contribution is -2.29. The Morgan fingerprint density at radius 3 is 2.60 bits per heavy atom. The number of carbonyl (C=O) groups excluding carboxylic acids is 3. The van der Waals surface area contributed by atoms with Gasteiger partial charge >= 0.3 is 11.9 Å². The summed E-state index contributed by atoms with van der Waals surface area (Å²) in [4.78, 5) is 37.4. The summed E-state index contributed by atoms with van der Waals surface area (Å²) in [6, 6.07) is 5.10. The quantitative estimate of drug-likeness (QED) is 0.730. The average molecular weight is 349 g/mol. The van der Waals surface area contributed by atoms with Crippen LogP contribution in [0.1, 0.15) is 12.8 Å². The summed E-state index contributed by atoms with van der Waals surface area (Å²) in [7, 11) is 3.03. The van der Waals surface area contributed by atoms with Crippen molar-refractivity contribution in [1.82, 2.24) is 0 Å². The van der Waals surface area contributed by atoms with Gasteiger partial charge in [0.15, 0.2) is 11.5 Å². The number of benzene rings is 1. The van der Waals surface area contributed by atoms with Gasteiger partial charge in [-0.3, -0.25) is 9.59 Å². The second-order valence-corrected chi connectivity index (χ2v) is 5.83. The van der Waals surface area contributed by atoms with Crippen molar-refractivity contribution in [1.29, 1.82) is 0 Å². The molecule has 2 atom stereocenters. The molecule has 0 unspecified atom stereocenters. The molecule has 25 heavy (non-hydrogen) atoms. The summed E-state index contributed by atoms with van der Waals surface area (Å²) in [6.45, 7) is 0.438. The standard InChI is InChI=1S/C17H19NO7/c1-22-12-4-3-11(8-14(12)23-2)18-9-10(7-15(18)19)16(20)25-13-5-6-24-17(13)21/h3-4,8,10,13H,5-7,9H2,1-2H3/t10-,13-/m0/s1. The van der Waals surface area contributed by atoms with Gasteiger partial charge in [0.25, 0.3) is 0 Å². The number of rotatable bonds is 5. The molecule has 2 aliphatic rings. The third-order valence-electron chi connectivity index (χ3n) is 4.28. The van der Waals surface area contributed by atoms with Gasteiger partial charge in [-0.1, -0.05) is 0 Å². The van der Waals surface area contributed by atoms with Gasteiger partial charge < -0.3 is 23.8 Å². The van der Waals surface area contributed by atoms with Gasteiger partial charge in [0.05, 0.1) is 26.7 Å². The molecule has 0 aliphatic carbocycles. The minimum Gasteiger partial charge on any atom is -0.493 e. The van der Waals surface area contributed by atoms with E-state index >= 15 is 0 Å². The average Bonchev–Trinajstić information content (AvgIpc) is 3.20. The van der Waals surface area contributed by atoms with Crippen LogP contribution in [0.5, 0.6) is 11.5 Å². The van der Waals surface area contributed by atoms with Crippen LogP contribution in [0.4, 0.5) is 5.69 Å². The van der Waals surface area contributed by atoms with E-state index in [-0.39, 0.29) is 25.5 Å². The van der Waals surface area contributed by atoms with Crippen LogP contribution in [0.25, 0.3) is 0 Å². The Balaban J connectivity index is 1.70. The number of carbonyl (C=O) groups is 3. The molecule has 8 nitrogen and oxygen atoms in total. The first-order valence-corrected chi connectivity index (χ1v) is 7.93. The van der Waals surface area contributed by atoms with Crippen molar-refractivity contribution in [2.45, 2.75) is 18.9 Å². The second kappa shape index (κ2) is 7.00.